The highest BCUT2D eigenvalue weighted by molar-refractivity contribution is 5.35. The lowest BCUT2D eigenvalue weighted by molar-refractivity contribution is 0.151. The highest BCUT2D eigenvalue weighted by atomic mass is 19.3. The van der Waals surface area contributed by atoms with Crippen LogP contribution in [0, 0.1) is 0 Å². The van der Waals surface area contributed by atoms with Crippen LogP contribution in [0.5, 0.6) is 0 Å². The van der Waals surface area contributed by atoms with Crippen LogP contribution in [0.4, 0.5) is 8.78 Å². The van der Waals surface area contributed by atoms with Crippen molar-refractivity contribution < 1.29 is 8.78 Å². The summed E-state index contributed by atoms with van der Waals surface area (Å²) in [4.78, 5) is 0. The van der Waals surface area contributed by atoms with Gasteiger partial charge in [0.15, 0.2) is 0 Å². The summed E-state index contributed by atoms with van der Waals surface area (Å²) in [7, 11) is 1.83. The minimum Gasteiger partial charge on any atom is -0.316 e. The van der Waals surface area contributed by atoms with Crippen molar-refractivity contribution in [1.82, 2.24) is 5.32 Å². The molecule has 0 bridgehead atoms. The van der Waals surface area contributed by atoms with E-state index in [0.717, 1.165) is 24.0 Å². The number of alkyl halides is 2. The van der Waals surface area contributed by atoms with E-state index < -0.39 is 6.43 Å². The Kier molecular flexibility index (Phi) is 3.00. The molecule has 0 heterocycles. The van der Waals surface area contributed by atoms with Gasteiger partial charge in [-0.3, -0.25) is 0 Å². The quantitative estimate of drug-likeness (QED) is 0.806. The zero-order valence-electron chi connectivity index (χ0n) is 8.76. The molecule has 0 unspecified atom stereocenters. The van der Waals surface area contributed by atoms with Crippen LogP contribution >= 0.6 is 0 Å². The first-order valence-electron chi connectivity index (χ1n) is 5.27. The van der Waals surface area contributed by atoms with Crippen LogP contribution in [0.15, 0.2) is 18.2 Å². The molecule has 0 aliphatic heterocycles. The Balaban J connectivity index is 2.30. The predicted octanol–water partition coefficient (Wildman–Crippen LogP) is 3.22. The summed E-state index contributed by atoms with van der Waals surface area (Å²) in [5.74, 6) is 0.527. The number of hydrogen-bond acceptors (Lipinski definition) is 1. The fourth-order valence-corrected chi connectivity index (χ4v) is 1.83. The Labute approximate surface area is 88.5 Å². The van der Waals surface area contributed by atoms with Crippen molar-refractivity contribution in [2.75, 3.05) is 7.05 Å². The fourth-order valence-electron chi connectivity index (χ4n) is 1.83. The first kappa shape index (κ1) is 10.6. The van der Waals surface area contributed by atoms with Gasteiger partial charge in [0.25, 0.3) is 6.43 Å². The number of nitrogens with one attached hydrogen (secondary N) is 1. The SMILES string of the molecule is CNCc1cc(C(F)F)cc(C2CC2)c1. The van der Waals surface area contributed by atoms with Gasteiger partial charge in [-0.15, -0.1) is 0 Å². The summed E-state index contributed by atoms with van der Waals surface area (Å²) in [5.41, 5.74) is 2.19. The molecule has 0 saturated heterocycles. The van der Waals surface area contributed by atoms with E-state index in [-0.39, 0.29) is 5.56 Å². The van der Waals surface area contributed by atoms with Crippen LogP contribution in [0.25, 0.3) is 0 Å². The molecule has 0 aromatic heterocycles. The van der Waals surface area contributed by atoms with Crippen LogP contribution in [-0.4, -0.2) is 7.05 Å². The predicted molar refractivity (Wildman–Crippen MR) is 56.1 cm³/mol. The smallest absolute Gasteiger partial charge is 0.263 e. The number of benzene rings is 1. The number of halogens is 2. The molecule has 0 radical (unpaired) electrons. The van der Waals surface area contributed by atoms with Gasteiger partial charge < -0.3 is 5.32 Å². The van der Waals surface area contributed by atoms with Gasteiger partial charge in [-0.25, -0.2) is 8.78 Å². The lowest BCUT2D eigenvalue weighted by atomic mass is 10.0. The molecule has 1 aliphatic carbocycles. The van der Waals surface area contributed by atoms with Crippen LogP contribution < -0.4 is 5.32 Å². The van der Waals surface area contributed by atoms with E-state index in [9.17, 15) is 8.78 Å². The van der Waals surface area contributed by atoms with Crippen molar-refractivity contribution in [1.29, 1.82) is 0 Å². The van der Waals surface area contributed by atoms with E-state index in [1.54, 1.807) is 12.1 Å². The van der Waals surface area contributed by atoms with Crippen molar-refractivity contribution in [3.63, 3.8) is 0 Å². The maximum absolute atomic E-state index is 12.6. The summed E-state index contributed by atoms with van der Waals surface area (Å²) < 4.78 is 25.3. The highest BCUT2D eigenvalue weighted by Crippen LogP contribution is 2.41. The monoisotopic (exact) mass is 211 g/mol. The number of rotatable bonds is 4. The van der Waals surface area contributed by atoms with Gasteiger partial charge >= 0.3 is 0 Å². The van der Waals surface area contributed by atoms with Gasteiger partial charge in [-0.2, -0.15) is 0 Å². The summed E-state index contributed by atoms with van der Waals surface area (Å²) in [6.07, 6.45) is -0.0727. The van der Waals surface area contributed by atoms with Crippen LogP contribution in [-0.2, 0) is 6.54 Å². The second-order valence-corrected chi connectivity index (χ2v) is 4.11. The molecule has 1 aliphatic rings. The maximum Gasteiger partial charge on any atom is 0.263 e. The van der Waals surface area contributed by atoms with Crippen molar-refractivity contribution in [3.8, 4) is 0 Å². The zero-order chi connectivity index (χ0) is 10.8. The van der Waals surface area contributed by atoms with Crippen LogP contribution in [0.1, 0.15) is 41.9 Å². The van der Waals surface area contributed by atoms with Crippen molar-refractivity contribution in [2.24, 2.45) is 0 Å². The molecule has 1 N–H and O–H groups in total. The standard InChI is InChI=1S/C12H15F2N/c1-15-7-8-4-10(9-2-3-9)6-11(5-8)12(13)14/h4-6,9,12,15H,2-3,7H2,1H3. The lowest BCUT2D eigenvalue weighted by Crippen LogP contribution is -2.06. The van der Waals surface area contributed by atoms with Crippen LogP contribution in [0.2, 0.25) is 0 Å². The van der Waals surface area contributed by atoms with Gasteiger partial charge in [0.05, 0.1) is 0 Å². The molecule has 82 valence electrons. The van der Waals surface area contributed by atoms with E-state index in [4.69, 9.17) is 0 Å². The van der Waals surface area contributed by atoms with Gasteiger partial charge in [0, 0.05) is 12.1 Å². The minimum atomic E-state index is -2.36. The largest absolute Gasteiger partial charge is 0.316 e. The molecule has 2 rings (SSSR count). The molecule has 1 fully saturated rings. The molecule has 1 saturated carbocycles. The molecule has 0 amide bonds. The van der Waals surface area contributed by atoms with Gasteiger partial charge in [-0.05, 0) is 49.1 Å². The summed E-state index contributed by atoms with van der Waals surface area (Å²) in [6, 6.07) is 5.29. The van der Waals surface area contributed by atoms with Crippen molar-refractivity contribution in [3.05, 3.63) is 34.9 Å². The molecule has 3 heteroatoms. The summed E-state index contributed by atoms with van der Waals surface area (Å²) in [6.45, 7) is 0.653. The molecule has 1 nitrogen and oxygen atoms in total. The summed E-state index contributed by atoms with van der Waals surface area (Å²) in [5, 5.41) is 2.99. The topological polar surface area (TPSA) is 12.0 Å². The molecule has 1 aromatic carbocycles. The average Bonchev–Trinajstić information content (AvgIpc) is 3.01. The van der Waals surface area contributed by atoms with E-state index in [1.165, 1.54) is 0 Å². The Morgan fingerprint density at radius 3 is 2.60 bits per heavy atom. The van der Waals surface area contributed by atoms with E-state index in [2.05, 4.69) is 5.32 Å². The highest BCUT2D eigenvalue weighted by Gasteiger charge is 2.25. The summed E-state index contributed by atoms with van der Waals surface area (Å²) >= 11 is 0. The van der Waals surface area contributed by atoms with Crippen molar-refractivity contribution in [2.45, 2.75) is 31.7 Å². The Bertz CT molecular complexity index is 325. The minimum absolute atomic E-state index is 0.157. The maximum atomic E-state index is 12.6. The average molecular weight is 211 g/mol. The van der Waals surface area contributed by atoms with Gasteiger partial charge in [0.2, 0.25) is 0 Å². The molecule has 0 spiro atoms. The first-order valence-corrected chi connectivity index (χ1v) is 5.27. The molecule has 15 heavy (non-hydrogen) atoms. The van der Waals surface area contributed by atoms with E-state index in [1.807, 2.05) is 13.1 Å². The molecular formula is C12H15F2N. The Hall–Kier alpha value is -0.960. The van der Waals surface area contributed by atoms with Gasteiger partial charge in [-0.1, -0.05) is 6.07 Å². The fraction of sp³-hybridized carbons (Fsp3) is 0.500. The third-order valence-corrected chi connectivity index (χ3v) is 2.72. The zero-order valence-corrected chi connectivity index (χ0v) is 8.76. The second kappa shape index (κ2) is 4.27. The Morgan fingerprint density at radius 1 is 1.33 bits per heavy atom. The third kappa shape index (κ3) is 2.53. The lowest BCUT2D eigenvalue weighted by Gasteiger charge is -2.08. The first-order chi connectivity index (χ1) is 7.20. The van der Waals surface area contributed by atoms with Crippen molar-refractivity contribution >= 4 is 0 Å². The second-order valence-electron chi connectivity index (χ2n) is 4.11. The molecular weight excluding hydrogens is 196 g/mol. The molecule has 0 atom stereocenters. The van der Waals surface area contributed by atoms with E-state index >= 15 is 0 Å². The molecule has 1 aromatic rings. The van der Waals surface area contributed by atoms with Gasteiger partial charge in [0.1, 0.15) is 0 Å². The third-order valence-electron chi connectivity index (χ3n) is 2.72. The normalized spacial score (nSPS) is 16.0. The number of hydrogen-bond donors (Lipinski definition) is 1. The van der Waals surface area contributed by atoms with E-state index in [0.29, 0.717) is 12.5 Å². The van der Waals surface area contributed by atoms with Crippen LogP contribution in [0.3, 0.4) is 0 Å². The Morgan fingerprint density at radius 2 is 2.07 bits per heavy atom.